The number of pyridine rings is 1. The molecule has 1 fully saturated rings. The van der Waals surface area contributed by atoms with Gasteiger partial charge in [-0.3, -0.25) is 9.59 Å². The van der Waals surface area contributed by atoms with Crippen molar-refractivity contribution >= 4 is 17.6 Å². The normalized spacial score (nSPS) is 15.7. The lowest BCUT2D eigenvalue weighted by atomic mass is 10.2. The average molecular weight is 292 g/mol. The molecule has 0 spiro atoms. The van der Waals surface area contributed by atoms with Gasteiger partial charge in [-0.05, 0) is 18.6 Å². The fraction of sp³-hybridized carbons (Fsp3) is 0.500. The summed E-state index contributed by atoms with van der Waals surface area (Å²) in [5, 5.41) is 0. The Morgan fingerprint density at radius 1 is 1.24 bits per heavy atom. The van der Waals surface area contributed by atoms with Crippen molar-refractivity contribution in [2.24, 2.45) is 0 Å². The van der Waals surface area contributed by atoms with Crippen LogP contribution in [0.2, 0.25) is 0 Å². The summed E-state index contributed by atoms with van der Waals surface area (Å²) in [5.74, 6) is 0.267. The molecule has 0 bridgehead atoms. The zero-order chi connectivity index (χ0) is 15.2. The lowest BCUT2D eigenvalue weighted by Crippen LogP contribution is -2.38. The van der Waals surface area contributed by atoms with E-state index in [9.17, 15) is 9.59 Å². The molecule has 2 amide bonds. The molecule has 2 rings (SSSR count). The number of carbonyl (C=O) groups is 2. The van der Waals surface area contributed by atoms with E-state index in [1.807, 2.05) is 0 Å². The highest BCUT2D eigenvalue weighted by Crippen LogP contribution is 2.10. The van der Waals surface area contributed by atoms with E-state index in [1.165, 1.54) is 13.3 Å². The van der Waals surface area contributed by atoms with Crippen LogP contribution < -0.4 is 5.73 Å². The number of anilines is 1. The highest BCUT2D eigenvalue weighted by molar-refractivity contribution is 5.94. The van der Waals surface area contributed by atoms with E-state index in [-0.39, 0.29) is 18.4 Å². The predicted octanol–water partition coefficient (Wildman–Crippen LogP) is -0.0153. The third kappa shape index (κ3) is 3.91. The molecule has 0 unspecified atom stereocenters. The molecule has 0 aliphatic carbocycles. The maximum Gasteiger partial charge on any atom is 0.255 e. The molecule has 1 aromatic rings. The van der Waals surface area contributed by atoms with E-state index < -0.39 is 0 Å². The monoisotopic (exact) mass is 292 g/mol. The van der Waals surface area contributed by atoms with Crippen LogP contribution in [0, 0.1) is 0 Å². The molecule has 7 heteroatoms. The molecule has 0 atom stereocenters. The van der Waals surface area contributed by atoms with Crippen molar-refractivity contribution in [2.45, 2.75) is 6.42 Å². The summed E-state index contributed by atoms with van der Waals surface area (Å²) in [6.45, 7) is 2.39. The highest BCUT2D eigenvalue weighted by atomic mass is 16.5. The van der Waals surface area contributed by atoms with Crippen LogP contribution in [0.25, 0.3) is 0 Å². The Morgan fingerprint density at radius 2 is 1.95 bits per heavy atom. The smallest absolute Gasteiger partial charge is 0.255 e. The number of methoxy groups -OCH3 is 1. The summed E-state index contributed by atoms with van der Waals surface area (Å²) in [6, 6.07) is 3.28. The first-order valence-electron chi connectivity index (χ1n) is 6.89. The number of nitrogen functional groups attached to an aromatic ring is 1. The molecule has 2 heterocycles. The average Bonchev–Trinajstić information content (AvgIpc) is 2.73. The molecular formula is C14H20N4O3. The quantitative estimate of drug-likeness (QED) is 0.846. The number of ether oxygens (including phenoxy) is 1. The molecule has 1 aromatic heterocycles. The Kier molecular flexibility index (Phi) is 5.10. The van der Waals surface area contributed by atoms with Crippen LogP contribution in [0.1, 0.15) is 16.8 Å². The first kappa shape index (κ1) is 15.2. The van der Waals surface area contributed by atoms with Crippen molar-refractivity contribution < 1.29 is 14.3 Å². The number of hydrogen-bond donors (Lipinski definition) is 1. The van der Waals surface area contributed by atoms with Gasteiger partial charge in [-0.25, -0.2) is 4.98 Å². The number of nitrogens with two attached hydrogens (primary N) is 1. The van der Waals surface area contributed by atoms with Crippen LogP contribution in [0.3, 0.4) is 0 Å². The van der Waals surface area contributed by atoms with Gasteiger partial charge in [0.15, 0.2) is 0 Å². The van der Waals surface area contributed by atoms with Gasteiger partial charge in [0, 0.05) is 39.5 Å². The fourth-order valence-corrected chi connectivity index (χ4v) is 2.30. The molecule has 21 heavy (non-hydrogen) atoms. The number of rotatable bonds is 3. The van der Waals surface area contributed by atoms with Gasteiger partial charge >= 0.3 is 0 Å². The Balaban J connectivity index is 1.97. The van der Waals surface area contributed by atoms with Crippen LogP contribution in [0.15, 0.2) is 18.3 Å². The van der Waals surface area contributed by atoms with E-state index in [1.54, 1.807) is 21.9 Å². The summed E-state index contributed by atoms with van der Waals surface area (Å²) in [6.07, 6.45) is 2.24. The molecule has 0 aromatic carbocycles. The van der Waals surface area contributed by atoms with Crippen LogP contribution in [0.4, 0.5) is 5.82 Å². The van der Waals surface area contributed by atoms with Gasteiger partial charge in [-0.1, -0.05) is 0 Å². The van der Waals surface area contributed by atoms with Crippen LogP contribution in [-0.2, 0) is 9.53 Å². The Morgan fingerprint density at radius 3 is 2.62 bits per heavy atom. The molecular weight excluding hydrogens is 272 g/mol. The van der Waals surface area contributed by atoms with Gasteiger partial charge in [0.2, 0.25) is 5.91 Å². The molecule has 1 saturated heterocycles. The molecule has 114 valence electrons. The summed E-state index contributed by atoms with van der Waals surface area (Å²) in [4.78, 5) is 31.6. The Hall–Kier alpha value is -2.15. The molecule has 0 radical (unpaired) electrons. The van der Waals surface area contributed by atoms with Crippen molar-refractivity contribution in [3.05, 3.63) is 23.9 Å². The highest BCUT2D eigenvalue weighted by Gasteiger charge is 2.22. The van der Waals surface area contributed by atoms with Gasteiger partial charge in [0.25, 0.3) is 5.91 Å². The number of hydrogen-bond acceptors (Lipinski definition) is 5. The van der Waals surface area contributed by atoms with Crippen LogP contribution in [-0.4, -0.2) is 66.5 Å². The van der Waals surface area contributed by atoms with Crippen molar-refractivity contribution in [3.63, 3.8) is 0 Å². The number of amides is 2. The van der Waals surface area contributed by atoms with Crippen molar-refractivity contribution in [1.82, 2.24) is 14.8 Å². The van der Waals surface area contributed by atoms with Gasteiger partial charge in [0.1, 0.15) is 12.4 Å². The Labute approximate surface area is 123 Å². The maximum atomic E-state index is 12.4. The largest absolute Gasteiger partial charge is 0.384 e. The summed E-state index contributed by atoms with van der Waals surface area (Å²) in [7, 11) is 1.50. The molecule has 2 N–H and O–H groups in total. The van der Waals surface area contributed by atoms with Gasteiger partial charge in [0.05, 0.1) is 5.56 Å². The third-order valence-corrected chi connectivity index (χ3v) is 3.44. The minimum atomic E-state index is -0.0801. The molecule has 7 nitrogen and oxygen atoms in total. The number of aromatic nitrogens is 1. The van der Waals surface area contributed by atoms with E-state index in [2.05, 4.69) is 4.98 Å². The fourth-order valence-electron chi connectivity index (χ4n) is 2.30. The first-order chi connectivity index (χ1) is 10.1. The van der Waals surface area contributed by atoms with Crippen LogP contribution in [0.5, 0.6) is 0 Å². The van der Waals surface area contributed by atoms with Crippen molar-refractivity contribution in [2.75, 3.05) is 45.6 Å². The van der Waals surface area contributed by atoms with Gasteiger partial charge in [-0.2, -0.15) is 0 Å². The van der Waals surface area contributed by atoms with E-state index in [0.717, 1.165) is 6.42 Å². The molecule has 1 aliphatic rings. The van der Waals surface area contributed by atoms with E-state index >= 15 is 0 Å². The van der Waals surface area contributed by atoms with Crippen molar-refractivity contribution in [1.29, 1.82) is 0 Å². The summed E-state index contributed by atoms with van der Waals surface area (Å²) in [5.41, 5.74) is 6.03. The second-order valence-corrected chi connectivity index (χ2v) is 4.93. The number of carbonyl (C=O) groups excluding carboxylic acids is 2. The van der Waals surface area contributed by atoms with Crippen LogP contribution >= 0.6 is 0 Å². The summed E-state index contributed by atoms with van der Waals surface area (Å²) < 4.78 is 4.86. The second kappa shape index (κ2) is 7.03. The van der Waals surface area contributed by atoms with Crippen molar-refractivity contribution in [3.8, 4) is 0 Å². The van der Waals surface area contributed by atoms with E-state index in [0.29, 0.717) is 37.6 Å². The third-order valence-electron chi connectivity index (χ3n) is 3.44. The molecule has 1 aliphatic heterocycles. The lowest BCUT2D eigenvalue weighted by Gasteiger charge is -2.22. The van der Waals surface area contributed by atoms with Gasteiger partial charge < -0.3 is 20.3 Å². The first-order valence-corrected chi connectivity index (χ1v) is 6.89. The second-order valence-electron chi connectivity index (χ2n) is 4.93. The minimum absolute atomic E-state index is 0.0408. The Bertz CT molecular complexity index is 503. The standard InChI is InChI=1S/C14H20N4O3/c1-21-10-13(19)17-5-2-6-18(8-7-17)14(20)11-3-4-12(15)16-9-11/h3-4,9H,2,5-8,10H2,1H3,(H2,15,16). The zero-order valence-electron chi connectivity index (χ0n) is 12.1. The van der Waals surface area contributed by atoms with E-state index in [4.69, 9.17) is 10.5 Å². The lowest BCUT2D eigenvalue weighted by molar-refractivity contribution is -0.135. The zero-order valence-corrected chi connectivity index (χ0v) is 12.1. The summed E-state index contributed by atoms with van der Waals surface area (Å²) >= 11 is 0. The number of nitrogens with zero attached hydrogens (tertiary/aromatic N) is 3. The SMILES string of the molecule is COCC(=O)N1CCCN(C(=O)c2ccc(N)nc2)CC1. The molecule has 0 saturated carbocycles. The van der Waals surface area contributed by atoms with Gasteiger partial charge in [-0.15, -0.1) is 0 Å². The maximum absolute atomic E-state index is 12.4. The predicted molar refractivity (Wildman–Crippen MR) is 77.6 cm³/mol. The minimum Gasteiger partial charge on any atom is -0.384 e. The topological polar surface area (TPSA) is 88.8 Å².